The first kappa shape index (κ1) is 14.5. The fourth-order valence-electron chi connectivity index (χ4n) is 2.56. The molecule has 2 rings (SSSR count). The van der Waals surface area contributed by atoms with Gasteiger partial charge in [0.2, 0.25) is 0 Å². The van der Waals surface area contributed by atoms with Gasteiger partial charge in [-0.3, -0.25) is 4.98 Å². The first-order valence-electron chi connectivity index (χ1n) is 7.38. The standard InChI is InChI=1S/C16H26N2O/c1-16(2)8-6-15(7-9-16)19-12-11-17-13-14-5-3-4-10-18-14/h3-5,10,15,17H,6-9,11-13H2,1-2H3. The molecule has 0 saturated heterocycles. The van der Waals surface area contributed by atoms with Crippen molar-refractivity contribution >= 4 is 0 Å². The summed E-state index contributed by atoms with van der Waals surface area (Å²) < 4.78 is 5.93. The first-order chi connectivity index (χ1) is 9.16. The number of nitrogens with zero attached hydrogens (tertiary/aromatic N) is 1. The van der Waals surface area contributed by atoms with Crippen LogP contribution in [0.3, 0.4) is 0 Å². The van der Waals surface area contributed by atoms with Gasteiger partial charge >= 0.3 is 0 Å². The minimum Gasteiger partial charge on any atom is -0.377 e. The van der Waals surface area contributed by atoms with Crippen molar-refractivity contribution in [3.8, 4) is 0 Å². The Morgan fingerprint density at radius 1 is 1.32 bits per heavy atom. The maximum absolute atomic E-state index is 5.93. The second kappa shape index (κ2) is 7.01. The van der Waals surface area contributed by atoms with Gasteiger partial charge in [0.1, 0.15) is 0 Å². The molecule has 1 fully saturated rings. The number of ether oxygens (including phenoxy) is 1. The van der Waals surface area contributed by atoms with Gasteiger partial charge in [0.15, 0.2) is 0 Å². The highest BCUT2D eigenvalue weighted by Gasteiger charge is 2.26. The summed E-state index contributed by atoms with van der Waals surface area (Å²) in [6.45, 7) is 7.24. The molecule has 0 bridgehead atoms. The normalized spacial score (nSPS) is 19.5. The van der Waals surface area contributed by atoms with Gasteiger partial charge in [-0.05, 0) is 43.2 Å². The lowest BCUT2D eigenvalue weighted by molar-refractivity contribution is 0.00592. The molecule has 1 aliphatic carbocycles. The lowest BCUT2D eigenvalue weighted by atomic mass is 9.76. The van der Waals surface area contributed by atoms with Gasteiger partial charge in [-0.15, -0.1) is 0 Å². The van der Waals surface area contributed by atoms with Crippen molar-refractivity contribution in [1.29, 1.82) is 0 Å². The number of nitrogens with one attached hydrogen (secondary N) is 1. The minimum absolute atomic E-state index is 0.477. The monoisotopic (exact) mass is 262 g/mol. The molecule has 0 aromatic carbocycles. The summed E-state index contributed by atoms with van der Waals surface area (Å²) in [4.78, 5) is 4.28. The first-order valence-corrected chi connectivity index (χ1v) is 7.38. The molecule has 106 valence electrons. The molecule has 1 aliphatic rings. The van der Waals surface area contributed by atoms with Crippen molar-refractivity contribution in [2.45, 2.75) is 52.2 Å². The number of hydrogen-bond acceptors (Lipinski definition) is 3. The lowest BCUT2D eigenvalue weighted by Gasteiger charge is -2.34. The number of rotatable bonds is 6. The zero-order valence-electron chi connectivity index (χ0n) is 12.2. The van der Waals surface area contributed by atoms with Gasteiger partial charge in [-0.1, -0.05) is 19.9 Å². The van der Waals surface area contributed by atoms with Gasteiger partial charge in [-0.2, -0.15) is 0 Å². The van der Waals surface area contributed by atoms with E-state index in [0.717, 1.165) is 25.4 Å². The molecule has 0 aliphatic heterocycles. The van der Waals surface area contributed by atoms with Crippen LogP contribution in [0.2, 0.25) is 0 Å². The second-order valence-corrected chi connectivity index (χ2v) is 6.23. The SMILES string of the molecule is CC1(C)CCC(OCCNCc2ccccn2)CC1. The number of aromatic nitrogens is 1. The quantitative estimate of drug-likeness (QED) is 0.800. The Hall–Kier alpha value is -0.930. The molecule has 0 unspecified atom stereocenters. The molecule has 1 aromatic heterocycles. The average Bonchev–Trinajstić information content (AvgIpc) is 2.41. The number of pyridine rings is 1. The second-order valence-electron chi connectivity index (χ2n) is 6.23. The van der Waals surface area contributed by atoms with Gasteiger partial charge in [0.25, 0.3) is 0 Å². The van der Waals surface area contributed by atoms with Crippen molar-refractivity contribution < 1.29 is 4.74 Å². The molecule has 0 spiro atoms. The van der Waals surface area contributed by atoms with E-state index in [2.05, 4.69) is 24.1 Å². The van der Waals surface area contributed by atoms with E-state index in [0.29, 0.717) is 11.5 Å². The van der Waals surface area contributed by atoms with E-state index in [1.807, 2.05) is 24.4 Å². The van der Waals surface area contributed by atoms with Crippen LogP contribution in [0.5, 0.6) is 0 Å². The highest BCUT2D eigenvalue weighted by Crippen LogP contribution is 2.35. The molecule has 3 nitrogen and oxygen atoms in total. The Labute approximate surface area is 116 Å². The third-order valence-corrected chi connectivity index (χ3v) is 3.95. The zero-order valence-corrected chi connectivity index (χ0v) is 12.2. The summed E-state index contributed by atoms with van der Waals surface area (Å²) in [6, 6.07) is 6.00. The average molecular weight is 262 g/mol. The molecule has 19 heavy (non-hydrogen) atoms. The van der Waals surface area contributed by atoms with E-state index in [1.54, 1.807) is 0 Å². The zero-order chi connectivity index (χ0) is 13.6. The molecule has 1 aromatic rings. The topological polar surface area (TPSA) is 34.1 Å². The summed E-state index contributed by atoms with van der Waals surface area (Å²) in [7, 11) is 0. The van der Waals surface area contributed by atoms with Crippen molar-refractivity contribution in [1.82, 2.24) is 10.3 Å². The maximum Gasteiger partial charge on any atom is 0.0594 e. The summed E-state index contributed by atoms with van der Waals surface area (Å²) in [5.74, 6) is 0. The molecule has 1 saturated carbocycles. The molecular weight excluding hydrogens is 236 g/mol. The Morgan fingerprint density at radius 3 is 2.79 bits per heavy atom. The smallest absolute Gasteiger partial charge is 0.0594 e. The molecule has 0 amide bonds. The van der Waals surface area contributed by atoms with Crippen molar-refractivity contribution in [2.24, 2.45) is 5.41 Å². The summed E-state index contributed by atoms with van der Waals surface area (Å²) in [6.07, 6.45) is 7.32. The van der Waals surface area contributed by atoms with Crippen LogP contribution in [0.15, 0.2) is 24.4 Å². The molecule has 0 atom stereocenters. The van der Waals surface area contributed by atoms with Gasteiger partial charge < -0.3 is 10.1 Å². The van der Waals surface area contributed by atoms with Gasteiger partial charge in [-0.25, -0.2) is 0 Å². The highest BCUT2D eigenvalue weighted by atomic mass is 16.5. The van der Waals surface area contributed by atoms with Crippen LogP contribution >= 0.6 is 0 Å². The van der Waals surface area contributed by atoms with Gasteiger partial charge in [0, 0.05) is 19.3 Å². The van der Waals surface area contributed by atoms with Crippen LogP contribution in [0.25, 0.3) is 0 Å². The molecule has 0 radical (unpaired) electrons. The molecular formula is C16H26N2O. The fourth-order valence-corrected chi connectivity index (χ4v) is 2.56. The van der Waals surface area contributed by atoms with Crippen LogP contribution in [0.4, 0.5) is 0 Å². The van der Waals surface area contributed by atoms with E-state index >= 15 is 0 Å². The Morgan fingerprint density at radius 2 is 2.11 bits per heavy atom. The van der Waals surface area contributed by atoms with E-state index in [1.165, 1.54) is 25.7 Å². The molecule has 3 heteroatoms. The Bertz CT molecular complexity index is 354. The van der Waals surface area contributed by atoms with Crippen molar-refractivity contribution in [3.63, 3.8) is 0 Å². The van der Waals surface area contributed by atoms with E-state index in [9.17, 15) is 0 Å². The third-order valence-electron chi connectivity index (χ3n) is 3.95. The molecule has 1 N–H and O–H groups in total. The van der Waals surface area contributed by atoms with Crippen LogP contribution in [0.1, 0.15) is 45.2 Å². The van der Waals surface area contributed by atoms with Crippen LogP contribution in [0, 0.1) is 5.41 Å². The van der Waals surface area contributed by atoms with Crippen LogP contribution < -0.4 is 5.32 Å². The van der Waals surface area contributed by atoms with E-state index < -0.39 is 0 Å². The van der Waals surface area contributed by atoms with Gasteiger partial charge in [0.05, 0.1) is 18.4 Å². The van der Waals surface area contributed by atoms with Crippen LogP contribution in [-0.4, -0.2) is 24.2 Å². The predicted octanol–water partition coefficient (Wildman–Crippen LogP) is 3.16. The Kier molecular flexibility index (Phi) is 5.34. The summed E-state index contributed by atoms with van der Waals surface area (Å²) in [5, 5.41) is 3.37. The van der Waals surface area contributed by atoms with E-state index in [4.69, 9.17) is 4.74 Å². The number of hydrogen-bond donors (Lipinski definition) is 1. The van der Waals surface area contributed by atoms with Crippen molar-refractivity contribution in [3.05, 3.63) is 30.1 Å². The van der Waals surface area contributed by atoms with E-state index in [-0.39, 0.29) is 0 Å². The van der Waals surface area contributed by atoms with Crippen LogP contribution in [-0.2, 0) is 11.3 Å². The Balaban J connectivity index is 1.53. The maximum atomic E-state index is 5.93. The molecule has 1 heterocycles. The summed E-state index contributed by atoms with van der Waals surface area (Å²) >= 11 is 0. The lowest BCUT2D eigenvalue weighted by Crippen LogP contribution is -2.29. The predicted molar refractivity (Wildman–Crippen MR) is 77.9 cm³/mol. The fraction of sp³-hybridized carbons (Fsp3) is 0.688. The third kappa shape index (κ3) is 5.29. The summed E-state index contributed by atoms with van der Waals surface area (Å²) in [5.41, 5.74) is 1.61. The van der Waals surface area contributed by atoms with Crippen molar-refractivity contribution in [2.75, 3.05) is 13.2 Å². The largest absolute Gasteiger partial charge is 0.377 e. The highest BCUT2D eigenvalue weighted by molar-refractivity contribution is 5.02. The minimum atomic E-state index is 0.477.